The van der Waals surface area contributed by atoms with Gasteiger partial charge >= 0.3 is 0 Å². The Balaban J connectivity index is 1.59. The molecule has 1 heterocycles. The van der Waals surface area contributed by atoms with Crippen LogP contribution in [0.4, 0.5) is 0 Å². The van der Waals surface area contributed by atoms with Gasteiger partial charge in [0.05, 0.1) is 26.1 Å². The summed E-state index contributed by atoms with van der Waals surface area (Å²) < 4.78 is 6.80. The van der Waals surface area contributed by atoms with Crippen LogP contribution in [0.5, 0.6) is 5.75 Å². The molecule has 0 radical (unpaired) electrons. The Labute approximate surface area is 213 Å². The molecule has 0 aliphatic rings. The molecular formula is C26H26Cl2N4O3. The molecule has 0 spiro atoms. The summed E-state index contributed by atoms with van der Waals surface area (Å²) in [7, 11) is 3.30. The highest BCUT2D eigenvalue weighted by molar-refractivity contribution is 6.35. The molecule has 0 aliphatic carbocycles. The number of carbonyl (C=O) groups excluding carboxylic acids is 1. The van der Waals surface area contributed by atoms with Crippen molar-refractivity contribution in [3.63, 3.8) is 0 Å². The zero-order valence-electron chi connectivity index (χ0n) is 19.7. The second-order valence-corrected chi connectivity index (χ2v) is 9.48. The summed E-state index contributed by atoms with van der Waals surface area (Å²) >= 11 is 12.5. The number of nitrogens with zero attached hydrogens (tertiary/aromatic N) is 4. The summed E-state index contributed by atoms with van der Waals surface area (Å²) in [4.78, 5) is 18.9. The summed E-state index contributed by atoms with van der Waals surface area (Å²) in [5.41, 5.74) is -0.200. The van der Waals surface area contributed by atoms with Crippen LogP contribution < -0.4 is 4.74 Å². The fraction of sp³-hybridized carbons (Fsp3) is 0.269. The molecule has 7 nitrogen and oxygen atoms in total. The molecule has 9 heteroatoms. The number of aliphatic hydroxyl groups is 1. The van der Waals surface area contributed by atoms with Gasteiger partial charge in [-0.05, 0) is 47.5 Å². The monoisotopic (exact) mass is 512 g/mol. The van der Waals surface area contributed by atoms with Crippen molar-refractivity contribution >= 4 is 39.9 Å². The third kappa shape index (κ3) is 5.42. The minimum Gasteiger partial charge on any atom is -0.497 e. The molecule has 4 rings (SSSR count). The molecule has 0 fully saturated rings. The number of aromatic nitrogens is 3. The van der Waals surface area contributed by atoms with Crippen LogP contribution in [-0.2, 0) is 16.9 Å². The highest BCUT2D eigenvalue weighted by atomic mass is 35.5. The number of carbonyl (C=O) groups is 1. The largest absolute Gasteiger partial charge is 0.497 e. The predicted octanol–water partition coefficient (Wildman–Crippen LogP) is 4.90. The number of halogens is 2. The minimum atomic E-state index is -1.53. The van der Waals surface area contributed by atoms with Crippen molar-refractivity contribution in [1.82, 2.24) is 19.7 Å². The molecule has 0 saturated heterocycles. The van der Waals surface area contributed by atoms with Crippen LogP contribution in [0, 0.1) is 0 Å². The number of hydrogen-bond donors (Lipinski definition) is 1. The lowest BCUT2D eigenvalue weighted by molar-refractivity contribution is -0.135. The van der Waals surface area contributed by atoms with Gasteiger partial charge in [-0.15, -0.1) is 0 Å². The van der Waals surface area contributed by atoms with Crippen molar-refractivity contribution < 1.29 is 14.6 Å². The highest BCUT2D eigenvalue weighted by Gasteiger charge is 2.36. The average Bonchev–Trinajstić information content (AvgIpc) is 3.34. The van der Waals surface area contributed by atoms with Crippen LogP contribution in [0.3, 0.4) is 0 Å². The molecular weight excluding hydrogens is 487 g/mol. The molecule has 2 unspecified atom stereocenters. The van der Waals surface area contributed by atoms with Gasteiger partial charge in [-0.2, -0.15) is 5.10 Å². The first-order valence-corrected chi connectivity index (χ1v) is 11.8. The van der Waals surface area contributed by atoms with Gasteiger partial charge < -0.3 is 14.7 Å². The second-order valence-electron chi connectivity index (χ2n) is 8.64. The van der Waals surface area contributed by atoms with Crippen LogP contribution in [0.1, 0.15) is 24.0 Å². The standard InChI is InChI=1S/C26H26Cl2N4O3/c1-17(18-4-5-20-11-22(35-3)8-6-19(20)10-18)25(33)31(2)13-26(34,14-32-16-29-15-30-32)23-9-7-21(27)12-24(23)28/h4-12,15-17,34H,13-14H2,1-3H3. The maximum atomic E-state index is 13.4. The van der Waals surface area contributed by atoms with E-state index in [0.29, 0.717) is 15.6 Å². The first kappa shape index (κ1) is 25.0. The number of fused-ring (bicyclic) bond motifs is 1. The van der Waals surface area contributed by atoms with Gasteiger partial charge in [0.15, 0.2) is 0 Å². The van der Waals surface area contributed by atoms with Gasteiger partial charge in [0.2, 0.25) is 5.91 Å². The Morgan fingerprint density at radius 3 is 2.57 bits per heavy atom. The van der Waals surface area contributed by atoms with E-state index >= 15 is 0 Å². The van der Waals surface area contributed by atoms with Gasteiger partial charge in [0.25, 0.3) is 0 Å². The molecule has 3 aromatic carbocycles. The van der Waals surface area contributed by atoms with Gasteiger partial charge in [0, 0.05) is 22.7 Å². The van der Waals surface area contributed by atoms with Crippen molar-refractivity contribution in [1.29, 1.82) is 0 Å². The topological polar surface area (TPSA) is 80.5 Å². The number of rotatable bonds is 8. The van der Waals surface area contributed by atoms with Crippen LogP contribution in [0.2, 0.25) is 10.0 Å². The van der Waals surface area contributed by atoms with E-state index in [0.717, 1.165) is 22.1 Å². The molecule has 182 valence electrons. The third-order valence-electron chi connectivity index (χ3n) is 6.14. The van der Waals surface area contributed by atoms with Gasteiger partial charge in [-0.25, -0.2) is 9.67 Å². The molecule has 35 heavy (non-hydrogen) atoms. The van der Waals surface area contributed by atoms with E-state index in [1.165, 1.54) is 22.2 Å². The van der Waals surface area contributed by atoms with Gasteiger partial charge in [0.1, 0.15) is 24.0 Å². The number of ether oxygens (including phenoxy) is 1. The lowest BCUT2D eigenvalue weighted by Gasteiger charge is -2.34. The summed E-state index contributed by atoms with van der Waals surface area (Å²) in [6.07, 6.45) is 2.89. The Kier molecular flexibility index (Phi) is 7.31. The first-order valence-electron chi connectivity index (χ1n) is 11.0. The first-order chi connectivity index (χ1) is 16.7. The summed E-state index contributed by atoms with van der Waals surface area (Å²) in [6, 6.07) is 16.6. The summed E-state index contributed by atoms with van der Waals surface area (Å²) in [5, 5.41) is 18.7. The molecule has 0 aliphatic heterocycles. The number of methoxy groups -OCH3 is 1. The maximum absolute atomic E-state index is 13.4. The SMILES string of the molecule is COc1ccc2cc(C(C)C(=O)N(C)CC(O)(Cn3cncn3)c3ccc(Cl)cc3Cl)ccc2c1. The fourth-order valence-corrected chi connectivity index (χ4v) is 4.84. The lowest BCUT2D eigenvalue weighted by Crippen LogP contribution is -2.46. The molecule has 4 aromatic rings. The van der Waals surface area contributed by atoms with E-state index in [2.05, 4.69) is 10.1 Å². The van der Waals surface area contributed by atoms with Crippen molar-refractivity contribution in [2.75, 3.05) is 20.7 Å². The zero-order chi connectivity index (χ0) is 25.2. The van der Waals surface area contributed by atoms with Crippen LogP contribution >= 0.6 is 23.2 Å². The van der Waals surface area contributed by atoms with Gasteiger partial charge in [-0.1, -0.05) is 53.5 Å². The molecule has 1 N–H and O–H groups in total. The minimum absolute atomic E-state index is 0.0117. The molecule has 0 bridgehead atoms. The molecule has 1 aromatic heterocycles. The van der Waals surface area contributed by atoms with Crippen molar-refractivity contribution in [2.45, 2.75) is 25.0 Å². The summed E-state index contributed by atoms with van der Waals surface area (Å²) in [6.45, 7) is 1.90. The fourth-order valence-electron chi connectivity index (χ4n) is 4.25. The number of likely N-dealkylation sites (N-methyl/N-ethyl adjacent to an activating group) is 1. The Morgan fingerprint density at radius 1 is 1.14 bits per heavy atom. The van der Waals surface area contributed by atoms with E-state index in [9.17, 15) is 9.90 Å². The van der Waals surface area contributed by atoms with E-state index in [4.69, 9.17) is 27.9 Å². The quantitative estimate of drug-likeness (QED) is 0.363. The number of amides is 1. The lowest BCUT2D eigenvalue weighted by atomic mass is 9.91. The molecule has 1 amide bonds. The van der Waals surface area contributed by atoms with Crippen LogP contribution in [-0.4, -0.2) is 51.4 Å². The normalized spacial score (nSPS) is 13.9. The van der Waals surface area contributed by atoms with E-state index in [1.54, 1.807) is 32.4 Å². The smallest absolute Gasteiger partial charge is 0.229 e. The summed E-state index contributed by atoms with van der Waals surface area (Å²) in [5.74, 6) is 0.212. The molecule has 0 saturated carbocycles. The zero-order valence-corrected chi connectivity index (χ0v) is 21.2. The van der Waals surface area contributed by atoms with Crippen molar-refractivity contribution in [3.05, 3.63) is 88.4 Å². The third-order valence-corrected chi connectivity index (χ3v) is 6.69. The van der Waals surface area contributed by atoms with Gasteiger partial charge in [-0.3, -0.25) is 4.79 Å². The van der Waals surface area contributed by atoms with Crippen LogP contribution in [0.25, 0.3) is 10.8 Å². The molecule has 2 atom stereocenters. The van der Waals surface area contributed by atoms with Crippen molar-refractivity contribution in [3.8, 4) is 5.75 Å². The van der Waals surface area contributed by atoms with E-state index in [1.807, 2.05) is 43.3 Å². The van der Waals surface area contributed by atoms with E-state index < -0.39 is 11.5 Å². The Hall–Kier alpha value is -3.13. The Bertz CT molecular complexity index is 1350. The Morgan fingerprint density at radius 2 is 1.89 bits per heavy atom. The van der Waals surface area contributed by atoms with E-state index in [-0.39, 0.29) is 19.0 Å². The highest BCUT2D eigenvalue weighted by Crippen LogP contribution is 2.33. The number of hydrogen-bond acceptors (Lipinski definition) is 5. The number of benzene rings is 3. The maximum Gasteiger partial charge on any atom is 0.229 e. The van der Waals surface area contributed by atoms with Crippen molar-refractivity contribution in [2.24, 2.45) is 0 Å². The second kappa shape index (κ2) is 10.2. The predicted molar refractivity (Wildman–Crippen MR) is 137 cm³/mol. The van der Waals surface area contributed by atoms with Crippen LogP contribution in [0.15, 0.2) is 67.3 Å². The average molecular weight is 513 g/mol.